The predicted octanol–water partition coefficient (Wildman–Crippen LogP) is 1.43. The molecule has 22 heavy (non-hydrogen) atoms. The SMILES string of the molecule is O=C1C(c2nc[nH]n2)Nc2nccnc2N1c1ccccc1. The third-order valence-corrected chi connectivity index (χ3v) is 3.35. The van der Waals surface area contributed by atoms with Gasteiger partial charge in [0.15, 0.2) is 23.5 Å². The molecule has 8 nitrogen and oxygen atoms in total. The Balaban J connectivity index is 1.86. The van der Waals surface area contributed by atoms with Gasteiger partial charge in [0.25, 0.3) is 5.91 Å². The second kappa shape index (κ2) is 4.92. The Hall–Kier alpha value is -3.29. The minimum absolute atomic E-state index is 0.209. The van der Waals surface area contributed by atoms with Crippen LogP contribution in [-0.4, -0.2) is 31.1 Å². The molecule has 0 radical (unpaired) electrons. The van der Waals surface area contributed by atoms with Crippen LogP contribution in [0.25, 0.3) is 0 Å². The minimum Gasteiger partial charge on any atom is -0.349 e. The van der Waals surface area contributed by atoms with E-state index in [-0.39, 0.29) is 5.91 Å². The number of nitrogens with zero attached hydrogens (tertiary/aromatic N) is 5. The summed E-state index contributed by atoms with van der Waals surface area (Å²) in [6.45, 7) is 0. The Morgan fingerprint density at radius 1 is 1.05 bits per heavy atom. The van der Waals surface area contributed by atoms with Crippen LogP contribution in [0.1, 0.15) is 11.9 Å². The number of H-pyrrole nitrogens is 1. The number of rotatable bonds is 2. The Kier molecular flexibility index (Phi) is 2.78. The molecule has 4 rings (SSSR count). The highest BCUT2D eigenvalue weighted by molar-refractivity contribution is 6.08. The van der Waals surface area contributed by atoms with E-state index >= 15 is 0 Å². The van der Waals surface area contributed by atoms with Gasteiger partial charge in [0.2, 0.25) is 0 Å². The molecule has 0 fully saturated rings. The van der Waals surface area contributed by atoms with Crippen molar-refractivity contribution in [1.29, 1.82) is 0 Å². The quantitative estimate of drug-likeness (QED) is 0.741. The summed E-state index contributed by atoms with van der Waals surface area (Å²) in [6, 6.07) is 8.59. The number of carbonyl (C=O) groups excluding carboxylic acids is 1. The number of anilines is 3. The molecule has 0 saturated heterocycles. The van der Waals surface area contributed by atoms with Gasteiger partial charge in [0.1, 0.15) is 6.33 Å². The molecule has 3 heterocycles. The lowest BCUT2D eigenvalue weighted by atomic mass is 10.1. The molecule has 2 aromatic heterocycles. The van der Waals surface area contributed by atoms with Crippen LogP contribution in [-0.2, 0) is 4.79 Å². The fourth-order valence-electron chi connectivity index (χ4n) is 2.39. The van der Waals surface area contributed by atoms with Crippen molar-refractivity contribution in [3.63, 3.8) is 0 Å². The topological polar surface area (TPSA) is 99.7 Å². The average molecular weight is 293 g/mol. The van der Waals surface area contributed by atoms with Crippen molar-refractivity contribution in [2.24, 2.45) is 0 Å². The molecule has 108 valence electrons. The number of carbonyl (C=O) groups is 1. The molecule has 0 aliphatic carbocycles. The summed E-state index contributed by atoms with van der Waals surface area (Å²) < 4.78 is 0. The molecule has 1 unspecified atom stereocenters. The molecule has 1 aromatic carbocycles. The molecule has 1 aliphatic heterocycles. The summed E-state index contributed by atoms with van der Waals surface area (Å²) in [4.78, 5) is 27.0. The van der Waals surface area contributed by atoms with Gasteiger partial charge in [0.05, 0.1) is 5.69 Å². The fourth-order valence-corrected chi connectivity index (χ4v) is 2.39. The first-order valence-corrected chi connectivity index (χ1v) is 6.67. The van der Waals surface area contributed by atoms with Crippen LogP contribution in [0.4, 0.5) is 17.3 Å². The van der Waals surface area contributed by atoms with E-state index in [9.17, 15) is 4.79 Å². The zero-order chi connectivity index (χ0) is 14.9. The lowest BCUT2D eigenvalue weighted by Crippen LogP contribution is -2.40. The van der Waals surface area contributed by atoms with Crippen LogP contribution >= 0.6 is 0 Å². The maximum atomic E-state index is 12.9. The summed E-state index contributed by atoms with van der Waals surface area (Å²) in [5.41, 5.74) is 0.719. The zero-order valence-electron chi connectivity index (χ0n) is 11.3. The van der Waals surface area contributed by atoms with E-state index < -0.39 is 6.04 Å². The third kappa shape index (κ3) is 1.89. The van der Waals surface area contributed by atoms with Crippen LogP contribution in [0, 0.1) is 0 Å². The van der Waals surface area contributed by atoms with Gasteiger partial charge in [-0.25, -0.2) is 15.0 Å². The third-order valence-electron chi connectivity index (χ3n) is 3.35. The normalized spacial score (nSPS) is 17.0. The standard InChI is InChI=1S/C14H11N7O/c22-14-10(11-17-8-18-20-11)19-12-13(16-7-6-15-12)21(14)9-4-2-1-3-5-9/h1-8,10H,(H,15,19)(H,17,18,20). The first kappa shape index (κ1) is 12.5. The summed E-state index contributed by atoms with van der Waals surface area (Å²) >= 11 is 0. The van der Waals surface area contributed by atoms with Gasteiger partial charge in [-0.05, 0) is 12.1 Å². The van der Waals surface area contributed by atoms with E-state index in [4.69, 9.17) is 0 Å². The van der Waals surface area contributed by atoms with Gasteiger partial charge in [0, 0.05) is 12.4 Å². The van der Waals surface area contributed by atoms with Crippen molar-refractivity contribution in [3.8, 4) is 0 Å². The number of benzene rings is 1. The van der Waals surface area contributed by atoms with Crippen molar-refractivity contribution in [3.05, 3.63) is 54.9 Å². The first-order chi connectivity index (χ1) is 10.8. The second-order valence-corrected chi connectivity index (χ2v) is 4.67. The van der Waals surface area contributed by atoms with Crippen LogP contribution < -0.4 is 10.2 Å². The molecule has 0 saturated carbocycles. The minimum atomic E-state index is -0.712. The lowest BCUT2D eigenvalue weighted by Gasteiger charge is -2.32. The van der Waals surface area contributed by atoms with Gasteiger partial charge in [-0.3, -0.25) is 14.8 Å². The van der Waals surface area contributed by atoms with E-state index in [2.05, 4.69) is 30.5 Å². The van der Waals surface area contributed by atoms with Gasteiger partial charge < -0.3 is 5.32 Å². The van der Waals surface area contributed by atoms with Crippen molar-refractivity contribution < 1.29 is 4.79 Å². The smallest absolute Gasteiger partial charge is 0.263 e. The van der Waals surface area contributed by atoms with Gasteiger partial charge >= 0.3 is 0 Å². The zero-order valence-corrected chi connectivity index (χ0v) is 11.3. The molecule has 0 spiro atoms. The molecule has 1 aliphatic rings. The van der Waals surface area contributed by atoms with Gasteiger partial charge in [-0.2, -0.15) is 5.10 Å². The number of fused-ring (bicyclic) bond motifs is 1. The Morgan fingerprint density at radius 3 is 2.64 bits per heavy atom. The highest BCUT2D eigenvalue weighted by Gasteiger charge is 2.38. The second-order valence-electron chi connectivity index (χ2n) is 4.67. The Bertz CT molecular complexity index is 803. The Labute approximate surface area is 125 Å². The van der Waals surface area contributed by atoms with Crippen LogP contribution in [0.2, 0.25) is 0 Å². The molecular formula is C14H11N7O. The fraction of sp³-hybridized carbons (Fsp3) is 0.0714. The summed E-state index contributed by atoms with van der Waals surface area (Å²) in [6.07, 6.45) is 4.56. The van der Waals surface area contributed by atoms with Crippen molar-refractivity contribution >= 4 is 23.2 Å². The highest BCUT2D eigenvalue weighted by atomic mass is 16.2. The maximum absolute atomic E-state index is 12.9. The molecular weight excluding hydrogens is 282 g/mol. The summed E-state index contributed by atoms with van der Waals surface area (Å²) in [7, 11) is 0. The number of nitrogens with one attached hydrogen (secondary N) is 2. The molecule has 1 amide bonds. The molecule has 1 atom stereocenters. The maximum Gasteiger partial charge on any atom is 0.263 e. The number of para-hydroxylation sites is 1. The lowest BCUT2D eigenvalue weighted by molar-refractivity contribution is -0.119. The van der Waals surface area contributed by atoms with Gasteiger partial charge in [-0.1, -0.05) is 18.2 Å². The van der Waals surface area contributed by atoms with Crippen LogP contribution in [0.15, 0.2) is 49.1 Å². The largest absolute Gasteiger partial charge is 0.349 e. The van der Waals surface area contributed by atoms with E-state index in [1.807, 2.05) is 30.3 Å². The first-order valence-electron chi connectivity index (χ1n) is 6.67. The average Bonchev–Trinajstić information content (AvgIpc) is 3.09. The van der Waals surface area contributed by atoms with Crippen molar-refractivity contribution in [2.75, 3.05) is 10.2 Å². The number of aromatic nitrogens is 5. The molecule has 3 aromatic rings. The summed E-state index contributed by atoms with van der Waals surface area (Å²) in [5.74, 6) is 1.13. The monoisotopic (exact) mass is 293 g/mol. The van der Waals surface area contributed by atoms with E-state index in [1.165, 1.54) is 11.2 Å². The number of amides is 1. The van der Waals surface area contributed by atoms with Crippen molar-refractivity contribution in [2.45, 2.75) is 6.04 Å². The highest BCUT2D eigenvalue weighted by Crippen LogP contribution is 2.36. The van der Waals surface area contributed by atoms with Gasteiger partial charge in [-0.15, -0.1) is 0 Å². The van der Waals surface area contributed by atoms with E-state index in [0.717, 1.165) is 5.69 Å². The molecule has 2 N–H and O–H groups in total. The summed E-state index contributed by atoms with van der Waals surface area (Å²) in [5, 5.41) is 9.65. The molecule has 0 bridgehead atoms. The number of hydrogen-bond donors (Lipinski definition) is 2. The molecule has 8 heteroatoms. The van der Waals surface area contributed by atoms with E-state index in [1.54, 1.807) is 12.4 Å². The predicted molar refractivity (Wildman–Crippen MR) is 78.4 cm³/mol. The number of aromatic amines is 1. The number of hydrogen-bond acceptors (Lipinski definition) is 6. The van der Waals surface area contributed by atoms with Crippen molar-refractivity contribution in [1.82, 2.24) is 25.1 Å². The van der Waals surface area contributed by atoms with Crippen LogP contribution in [0.3, 0.4) is 0 Å². The Morgan fingerprint density at radius 2 is 1.86 bits per heavy atom. The van der Waals surface area contributed by atoms with Crippen LogP contribution in [0.5, 0.6) is 0 Å². The van der Waals surface area contributed by atoms with E-state index in [0.29, 0.717) is 17.5 Å².